The van der Waals surface area contributed by atoms with Crippen molar-refractivity contribution in [3.8, 4) is 0 Å². The van der Waals surface area contributed by atoms with E-state index >= 15 is 0 Å². The quantitative estimate of drug-likeness (QED) is 0.882. The fourth-order valence-electron chi connectivity index (χ4n) is 3.04. The van der Waals surface area contributed by atoms with Gasteiger partial charge in [0.25, 0.3) is 0 Å². The Kier molecular flexibility index (Phi) is 4.73. The molecule has 3 rings (SSSR count). The predicted molar refractivity (Wildman–Crippen MR) is 83.3 cm³/mol. The zero-order valence-electron chi connectivity index (χ0n) is 12.5. The van der Waals surface area contributed by atoms with E-state index in [9.17, 15) is 0 Å². The largest absolute Gasteiger partial charge is 0.472 e. The third kappa shape index (κ3) is 3.36. The van der Waals surface area contributed by atoms with Crippen LogP contribution in [0.15, 0.2) is 47.3 Å². The van der Waals surface area contributed by atoms with Crippen molar-refractivity contribution in [2.75, 3.05) is 13.2 Å². The van der Waals surface area contributed by atoms with Gasteiger partial charge in [0.1, 0.15) is 0 Å². The second-order valence-corrected chi connectivity index (χ2v) is 5.64. The van der Waals surface area contributed by atoms with Gasteiger partial charge < -0.3 is 14.5 Å². The molecule has 0 bridgehead atoms. The van der Waals surface area contributed by atoms with Crippen LogP contribution in [-0.2, 0) is 17.6 Å². The molecule has 0 amide bonds. The summed E-state index contributed by atoms with van der Waals surface area (Å²) in [6.07, 6.45) is 6.75. The first-order valence-electron chi connectivity index (χ1n) is 7.82. The van der Waals surface area contributed by atoms with Crippen molar-refractivity contribution in [1.82, 2.24) is 5.32 Å². The SMILES string of the molecule is CCCNC(Cc1ccoc1)C1OCCc2ccccc21. The van der Waals surface area contributed by atoms with E-state index in [1.54, 1.807) is 6.26 Å². The van der Waals surface area contributed by atoms with Crippen molar-refractivity contribution in [1.29, 1.82) is 0 Å². The summed E-state index contributed by atoms with van der Waals surface area (Å²) < 4.78 is 11.3. The maximum Gasteiger partial charge on any atom is 0.0983 e. The van der Waals surface area contributed by atoms with Gasteiger partial charge >= 0.3 is 0 Å². The van der Waals surface area contributed by atoms with Crippen LogP contribution in [0, 0.1) is 0 Å². The molecule has 0 aliphatic carbocycles. The van der Waals surface area contributed by atoms with E-state index in [1.807, 2.05) is 12.3 Å². The number of ether oxygens (including phenoxy) is 1. The number of hydrogen-bond acceptors (Lipinski definition) is 3. The molecule has 112 valence electrons. The van der Waals surface area contributed by atoms with Crippen LogP contribution in [0.4, 0.5) is 0 Å². The molecule has 0 radical (unpaired) electrons. The van der Waals surface area contributed by atoms with Gasteiger partial charge in [-0.05, 0) is 48.6 Å². The van der Waals surface area contributed by atoms with Crippen LogP contribution in [0.5, 0.6) is 0 Å². The highest BCUT2D eigenvalue weighted by atomic mass is 16.5. The zero-order chi connectivity index (χ0) is 14.5. The monoisotopic (exact) mass is 285 g/mol. The molecular weight excluding hydrogens is 262 g/mol. The summed E-state index contributed by atoms with van der Waals surface area (Å²) in [5.41, 5.74) is 3.97. The van der Waals surface area contributed by atoms with Gasteiger partial charge in [-0.2, -0.15) is 0 Å². The Morgan fingerprint density at radius 2 is 2.19 bits per heavy atom. The van der Waals surface area contributed by atoms with Crippen molar-refractivity contribution in [2.24, 2.45) is 0 Å². The third-order valence-electron chi connectivity index (χ3n) is 4.09. The normalized spacial score (nSPS) is 19.2. The number of nitrogens with one attached hydrogen (secondary N) is 1. The molecule has 2 aromatic rings. The van der Waals surface area contributed by atoms with E-state index < -0.39 is 0 Å². The van der Waals surface area contributed by atoms with Crippen LogP contribution in [0.25, 0.3) is 0 Å². The number of rotatable bonds is 6. The van der Waals surface area contributed by atoms with Crippen molar-refractivity contribution in [3.63, 3.8) is 0 Å². The molecule has 3 nitrogen and oxygen atoms in total. The van der Waals surface area contributed by atoms with Gasteiger partial charge in [0.15, 0.2) is 0 Å². The number of furan rings is 1. The molecule has 3 heteroatoms. The van der Waals surface area contributed by atoms with Gasteiger partial charge in [0, 0.05) is 6.04 Å². The fourth-order valence-corrected chi connectivity index (χ4v) is 3.04. The summed E-state index contributed by atoms with van der Waals surface area (Å²) in [4.78, 5) is 0. The molecule has 2 atom stereocenters. The lowest BCUT2D eigenvalue weighted by atomic mass is 9.90. The molecule has 2 unspecified atom stereocenters. The highest BCUT2D eigenvalue weighted by Gasteiger charge is 2.28. The predicted octanol–water partition coefficient (Wildman–Crippen LogP) is 3.50. The number of hydrogen-bond donors (Lipinski definition) is 1. The van der Waals surface area contributed by atoms with Crippen LogP contribution >= 0.6 is 0 Å². The highest BCUT2D eigenvalue weighted by molar-refractivity contribution is 5.32. The zero-order valence-corrected chi connectivity index (χ0v) is 12.5. The first-order chi connectivity index (χ1) is 10.4. The fraction of sp³-hybridized carbons (Fsp3) is 0.444. The van der Waals surface area contributed by atoms with E-state index in [0.717, 1.165) is 32.4 Å². The van der Waals surface area contributed by atoms with Gasteiger partial charge in [-0.15, -0.1) is 0 Å². The number of benzene rings is 1. The summed E-state index contributed by atoms with van der Waals surface area (Å²) in [5, 5.41) is 3.65. The first kappa shape index (κ1) is 14.4. The Morgan fingerprint density at radius 1 is 1.29 bits per heavy atom. The van der Waals surface area contributed by atoms with E-state index in [4.69, 9.17) is 9.15 Å². The summed E-state index contributed by atoms with van der Waals surface area (Å²) in [6.45, 7) is 4.00. The van der Waals surface area contributed by atoms with Crippen molar-refractivity contribution in [3.05, 3.63) is 59.5 Å². The third-order valence-corrected chi connectivity index (χ3v) is 4.09. The molecule has 1 aliphatic rings. The average Bonchev–Trinajstić information content (AvgIpc) is 3.04. The molecule has 1 N–H and O–H groups in total. The van der Waals surface area contributed by atoms with Crippen LogP contribution < -0.4 is 5.32 Å². The summed E-state index contributed by atoms with van der Waals surface area (Å²) >= 11 is 0. The molecule has 1 aromatic carbocycles. The van der Waals surface area contributed by atoms with E-state index in [0.29, 0.717) is 0 Å². The highest BCUT2D eigenvalue weighted by Crippen LogP contribution is 2.31. The molecular formula is C18H23NO2. The molecule has 21 heavy (non-hydrogen) atoms. The van der Waals surface area contributed by atoms with E-state index in [2.05, 4.69) is 36.5 Å². The van der Waals surface area contributed by atoms with Crippen molar-refractivity contribution >= 4 is 0 Å². The maximum atomic E-state index is 6.12. The van der Waals surface area contributed by atoms with E-state index in [-0.39, 0.29) is 12.1 Å². The average molecular weight is 285 g/mol. The Hall–Kier alpha value is -1.58. The smallest absolute Gasteiger partial charge is 0.0983 e. The van der Waals surface area contributed by atoms with E-state index in [1.165, 1.54) is 16.7 Å². The summed E-state index contributed by atoms with van der Waals surface area (Å²) in [5.74, 6) is 0. The minimum absolute atomic E-state index is 0.122. The molecule has 0 spiro atoms. The Bertz CT molecular complexity index is 550. The van der Waals surface area contributed by atoms with Gasteiger partial charge in [0.05, 0.1) is 25.2 Å². The number of fused-ring (bicyclic) bond motifs is 1. The van der Waals surface area contributed by atoms with Gasteiger partial charge in [-0.3, -0.25) is 0 Å². The van der Waals surface area contributed by atoms with Crippen LogP contribution in [0.1, 0.15) is 36.1 Å². The minimum Gasteiger partial charge on any atom is -0.472 e. The summed E-state index contributed by atoms with van der Waals surface area (Å²) in [7, 11) is 0. The minimum atomic E-state index is 0.122. The second-order valence-electron chi connectivity index (χ2n) is 5.64. The van der Waals surface area contributed by atoms with Crippen LogP contribution in [0.2, 0.25) is 0 Å². The molecule has 2 heterocycles. The second kappa shape index (κ2) is 6.92. The standard InChI is InChI=1S/C18H23NO2/c1-2-9-19-17(12-14-7-10-20-13-14)18-16-6-4-3-5-15(16)8-11-21-18/h3-7,10,13,17-19H,2,8-9,11-12H2,1H3. The van der Waals surface area contributed by atoms with Crippen molar-refractivity contribution in [2.45, 2.75) is 38.3 Å². The Labute approximate surface area is 126 Å². The first-order valence-corrected chi connectivity index (χ1v) is 7.82. The molecule has 0 saturated carbocycles. The molecule has 1 aromatic heterocycles. The summed E-state index contributed by atoms with van der Waals surface area (Å²) in [6, 6.07) is 11.0. The Balaban J connectivity index is 1.82. The topological polar surface area (TPSA) is 34.4 Å². The van der Waals surface area contributed by atoms with Crippen LogP contribution in [0.3, 0.4) is 0 Å². The maximum absolute atomic E-state index is 6.12. The lowest BCUT2D eigenvalue weighted by Crippen LogP contribution is -2.40. The molecule has 0 saturated heterocycles. The molecule has 0 fully saturated rings. The lowest BCUT2D eigenvalue weighted by Gasteiger charge is -2.33. The van der Waals surface area contributed by atoms with Crippen molar-refractivity contribution < 1.29 is 9.15 Å². The molecule has 1 aliphatic heterocycles. The Morgan fingerprint density at radius 3 is 3.00 bits per heavy atom. The van der Waals surface area contributed by atoms with Gasteiger partial charge in [0.2, 0.25) is 0 Å². The van der Waals surface area contributed by atoms with Crippen LogP contribution in [-0.4, -0.2) is 19.2 Å². The van der Waals surface area contributed by atoms with Gasteiger partial charge in [-0.1, -0.05) is 31.2 Å². The lowest BCUT2D eigenvalue weighted by molar-refractivity contribution is 0.0154. The van der Waals surface area contributed by atoms with Gasteiger partial charge in [-0.25, -0.2) is 0 Å².